The third-order valence-corrected chi connectivity index (χ3v) is 11.6. The van der Waals surface area contributed by atoms with E-state index in [1.807, 2.05) is 0 Å². The fourth-order valence-corrected chi connectivity index (χ4v) is 9.79. The highest BCUT2D eigenvalue weighted by molar-refractivity contribution is 6.20. The van der Waals surface area contributed by atoms with Gasteiger partial charge in [0.1, 0.15) is 0 Å². The maximum Gasteiger partial charge on any atom is 0.0731 e. The van der Waals surface area contributed by atoms with Crippen molar-refractivity contribution in [3.05, 3.63) is 209 Å². The smallest absolute Gasteiger partial charge is 0.0731 e. The molecule has 0 aromatic heterocycles. The first-order valence-electron chi connectivity index (χ1n) is 18.3. The van der Waals surface area contributed by atoms with E-state index in [0.717, 1.165) is 11.4 Å². The van der Waals surface area contributed by atoms with Crippen LogP contribution < -0.4 is 4.90 Å². The topological polar surface area (TPSA) is 3.24 Å². The lowest BCUT2D eigenvalue weighted by Gasteiger charge is -2.32. The van der Waals surface area contributed by atoms with Gasteiger partial charge in [0.15, 0.2) is 0 Å². The van der Waals surface area contributed by atoms with Gasteiger partial charge in [-0.25, -0.2) is 0 Å². The predicted molar refractivity (Wildman–Crippen MR) is 219 cm³/mol. The van der Waals surface area contributed by atoms with Gasteiger partial charge in [-0.05, 0) is 150 Å². The van der Waals surface area contributed by atoms with E-state index >= 15 is 0 Å². The van der Waals surface area contributed by atoms with Crippen LogP contribution in [0.1, 0.15) is 33.4 Å². The van der Waals surface area contributed by atoms with E-state index in [0.29, 0.717) is 0 Å². The highest BCUT2D eigenvalue weighted by atomic mass is 15.1. The van der Waals surface area contributed by atoms with Gasteiger partial charge < -0.3 is 4.90 Å². The summed E-state index contributed by atoms with van der Waals surface area (Å²) in [7, 11) is 0. The summed E-state index contributed by atoms with van der Waals surface area (Å²) in [4.78, 5) is 2.40. The molecular formula is C51H35N. The molecule has 1 nitrogen and oxygen atoms in total. The summed E-state index contributed by atoms with van der Waals surface area (Å²) in [6, 6.07) is 66.0. The maximum absolute atomic E-state index is 2.53. The Balaban J connectivity index is 1.27. The minimum Gasteiger partial charge on any atom is -0.310 e. The van der Waals surface area contributed by atoms with Crippen LogP contribution in [-0.2, 0) is 5.41 Å². The summed E-state index contributed by atoms with van der Waals surface area (Å²) in [6.45, 7) is 4.37. The number of aryl methyl sites for hydroxylation is 2. The first-order valence-corrected chi connectivity index (χ1v) is 18.3. The fraction of sp³-hybridized carbons (Fsp3) is 0.0588. The van der Waals surface area contributed by atoms with Crippen LogP contribution in [0.5, 0.6) is 0 Å². The lowest BCUT2D eigenvalue weighted by molar-refractivity contribution is 0.803. The average molecular weight is 662 g/mol. The van der Waals surface area contributed by atoms with Crippen molar-refractivity contribution in [2.75, 3.05) is 4.90 Å². The summed E-state index contributed by atoms with van der Waals surface area (Å²) in [6.07, 6.45) is 0. The Morgan fingerprint density at radius 3 is 1.63 bits per heavy atom. The van der Waals surface area contributed by atoms with Crippen LogP contribution in [0.15, 0.2) is 176 Å². The van der Waals surface area contributed by atoms with E-state index in [2.05, 4.69) is 195 Å². The van der Waals surface area contributed by atoms with Crippen molar-refractivity contribution in [3.63, 3.8) is 0 Å². The van der Waals surface area contributed by atoms with Crippen LogP contribution >= 0.6 is 0 Å². The number of benzene rings is 9. The van der Waals surface area contributed by atoms with Gasteiger partial charge in [-0.3, -0.25) is 0 Å². The van der Waals surface area contributed by atoms with Gasteiger partial charge >= 0.3 is 0 Å². The minimum atomic E-state index is -0.460. The molecule has 9 aromatic rings. The summed E-state index contributed by atoms with van der Waals surface area (Å²) in [5, 5.41) is 7.75. The van der Waals surface area contributed by atoms with Crippen molar-refractivity contribution in [2.24, 2.45) is 0 Å². The molecule has 11 rings (SSSR count). The van der Waals surface area contributed by atoms with E-state index < -0.39 is 5.41 Å². The molecule has 0 saturated heterocycles. The lowest BCUT2D eigenvalue weighted by atomic mass is 9.69. The summed E-state index contributed by atoms with van der Waals surface area (Å²) >= 11 is 0. The average Bonchev–Trinajstić information content (AvgIpc) is 3.64. The van der Waals surface area contributed by atoms with Crippen molar-refractivity contribution in [3.8, 4) is 22.3 Å². The van der Waals surface area contributed by atoms with Crippen molar-refractivity contribution in [1.82, 2.24) is 0 Å². The Labute approximate surface area is 304 Å². The molecule has 9 aromatic carbocycles. The van der Waals surface area contributed by atoms with Gasteiger partial charge in [0.25, 0.3) is 0 Å². The molecule has 1 heteroatoms. The molecule has 1 spiro atoms. The van der Waals surface area contributed by atoms with Crippen molar-refractivity contribution < 1.29 is 0 Å². The number of fused-ring (bicyclic) bond motifs is 16. The van der Waals surface area contributed by atoms with Crippen molar-refractivity contribution in [2.45, 2.75) is 19.3 Å². The number of rotatable bonds is 3. The molecule has 52 heavy (non-hydrogen) atoms. The van der Waals surface area contributed by atoms with Gasteiger partial charge in [-0.1, -0.05) is 127 Å². The summed E-state index contributed by atoms with van der Waals surface area (Å²) in [5.41, 5.74) is 16.4. The van der Waals surface area contributed by atoms with Crippen LogP contribution in [0.4, 0.5) is 17.1 Å². The number of hydrogen-bond acceptors (Lipinski definition) is 1. The molecule has 0 aliphatic heterocycles. The van der Waals surface area contributed by atoms with Gasteiger partial charge in [-0.15, -0.1) is 0 Å². The van der Waals surface area contributed by atoms with E-state index in [4.69, 9.17) is 0 Å². The monoisotopic (exact) mass is 661 g/mol. The first kappa shape index (κ1) is 29.3. The molecular weight excluding hydrogens is 627 g/mol. The molecule has 0 saturated carbocycles. The summed E-state index contributed by atoms with van der Waals surface area (Å²) in [5.74, 6) is 0. The fourth-order valence-electron chi connectivity index (χ4n) is 9.79. The minimum absolute atomic E-state index is 0.460. The van der Waals surface area contributed by atoms with E-state index in [-0.39, 0.29) is 0 Å². The van der Waals surface area contributed by atoms with Gasteiger partial charge in [0, 0.05) is 17.1 Å². The number of nitrogens with zero attached hydrogens (tertiary/aromatic N) is 1. The highest BCUT2D eigenvalue weighted by Gasteiger charge is 2.53. The molecule has 244 valence electrons. The number of anilines is 3. The van der Waals surface area contributed by atoms with Crippen LogP contribution in [-0.4, -0.2) is 0 Å². The van der Waals surface area contributed by atoms with Crippen molar-refractivity contribution >= 4 is 49.4 Å². The Kier molecular flexibility index (Phi) is 6.08. The first-order chi connectivity index (χ1) is 25.6. The molecule has 2 aliphatic rings. The van der Waals surface area contributed by atoms with Gasteiger partial charge in [0.05, 0.1) is 5.41 Å². The molecule has 0 fully saturated rings. The largest absolute Gasteiger partial charge is 0.310 e. The standard InChI is InChI=1S/C51H35N/c1-32-26-33(2)28-38(27-32)52(36-14-4-3-5-15-36)37-25-24-34-30-45-48(31-35(34)29-37)51(46-22-12-10-18-41(46)42-19-11-13-23-47(42)51)50-44-21-9-7-17-40(44)39-16-6-8-20-43(39)49(45)50/h3-31H,1-2H3. The Morgan fingerprint density at radius 1 is 0.365 bits per heavy atom. The molecule has 0 unspecified atom stereocenters. The molecule has 0 atom stereocenters. The van der Waals surface area contributed by atoms with Crippen LogP contribution in [0.2, 0.25) is 0 Å². The van der Waals surface area contributed by atoms with E-state index in [9.17, 15) is 0 Å². The van der Waals surface area contributed by atoms with Crippen molar-refractivity contribution in [1.29, 1.82) is 0 Å². The normalized spacial score (nSPS) is 13.3. The zero-order valence-corrected chi connectivity index (χ0v) is 29.2. The second kappa shape index (κ2) is 10.8. The Hall–Kier alpha value is -6.44. The Bertz CT molecular complexity index is 2870. The third kappa shape index (κ3) is 3.88. The van der Waals surface area contributed by atoms with Crippen LogP contribution in [0.3, 0.4) is 0 Å². The molecule has 0 radical (unpaired) electrons. The molecule has 0 bridgehead atoms. The maximum atomic E-state index is 2.53. The summed E-state index contributed by atoms with van der Waals surface area (Å²) < 4.78 is 0. The van der Waals surface area contributed by atoms with E-state index in [1.165, 1.54) is 93.6 Å². The second-order valence-corrected chi connectivity index (χ2v) is 14.6. The molecule has 0 heterocycles. The predicted octanol–water partition coefficient (Wildman–Crippen LogP) is 13.6. The molecule has 0 amide bonds. The number of para-hydroxylation sites is 1. The quantitative estimate of drug-likeness (QED) is 0.170. The zero-order chi connectivity index (χ0) is 34.6. The molecule has 0 N–H and O–H groups in total. The second-order valence-electron chi connectivity index (χ2n) is 14.6. The van der Waals surface area contributed by atoms with Gasteiger partial charge in [-0.2, -0.15) is 0 Å². The number of hydrogen-bond donors (Lipinski definition) is 0. The Morgan fingerprint density at radius 2 is 0.942 bits per heavy atom. The lowest BCUT2D eigenvalue weighted by Crippen LogP contribution is -2.26. The molecule has 2 aliphatic carbocycles. The van der Waals surface area contributed by atoms with Gasteiger partial charge in [0.2, 0.25) is 0 Å². The van der Waals surface area contributed by atoms with Crippen LogP contribution in [0.25, 0.3) is 54.6 Å². The third-order valence-electron chi connectivity index (χ3n) is 11.6. The SMILES string of the molecule is Cc1cc(C)cc(N(c2ccccc2)c2ccc3cc4c(cc3c2)C2(c3ccccc3-c3ccccc32)c2c-4c3ccccc3c3ccccc23)c1. The van der Waals surface area contributed by atoms with Crippen LogP contribution in [0, 0.1) is 13.8 Å². The van der Waals surface area contributed by atoms with E-state index in [1.54, 1.807) is 0 Å². The zero-order valence-electron chi connectivity index (χ0n) is 29.2. The highest BCUT2D eigenvalue weighted by Crippen LogP contribution is 2.65.